The van der Waals surface area contributed by atoms with Gasteiger partial charge in [-0.15, -0.1) is 0 Å². The number of fused-ring (bicyclic) bond motifs is 15. The van der Waals surface area contributed by atoms with E-state index in [-0.39, 0.29) is 71.5 Å². The normalized spacial score (nSPS) is 29.3. The predicted octanol–water partition coefficient (Wildman–Crippen LogP) is 6.77. The summed E-state index contributed by atoms with van der Waals surface area (Å²) >= 11 is 0. The minimum absolute atomic E-state index is 0.00754. The predicted molar refractivity (Wildman–Crippen MR) is 292 cm³/mol. The van der Waals surface area contributed by atoms with E-state index in [1.54, 1.807) is 43.6 Å². The fraction of sp³-hybridized carbons (Fsp3) is 0.433. The number of aliphatic hydroxyl groups excluding tert-OH is 2. The number of aromatic nitrogens is 2. The topological polar surface area (TPSA) is 274 Å². The monoisotopic (exact) mass is 1150 g/mol. The quantitative estimate of drug-likeness (QED) is 0.125. The summed E-state index contributed by atoms with van der Waals surface area (Å²) in [6.45, 7) is 12.3. The molecule has 1 unspecified atom stereocenters. The van der Waals surface area contributed by atoms with Crippen molar-refractivity contribution in [3.8, 4) is 17.2 Å². The van der Waals surface area contributed by atoms with Crippen LogP contribution in [0.2, 0.25) is 0 Å². The van der Waals surface area contributed by atoms with Gasteiger partial charge < -0.3 is 54.5 Å². The average molecular weight is 1150 g/mol. The minimum Gasteiger partial charge on any atom is -0.507 e. The van der Waals surface area contributed by atoms with Crippen molar-refractivity contribution in [3.63, 3.8) is 0 Å². The smallest absolute Gasteiger partial charge is 0.341 e. The number of aromatic carboxylic acids is 1. The zero-order valence-corrected chi connectivity index (χ0v) is 47.0. The maximum atomic E-state index is 16.5. The van der Waals surface area contributed by atoms with Gasteiger partial charge in [-0.05, 0) is 57.4 Å². The second kappa shape index (κ2) is 22.5. The minimum atomic E-state index is -2.23. The Balaban J connectivity index is 1.13. The number of nitrogens with one attached hydrogen (secondary N) is 1. The van der Waals surface area contributed by atoms with Gasteiger partial charge >= 0.3 is 17.7 Å². The lowest BCUT2D eigenvalue weighted by molar-refractivity contribution is -0.160. The molecule has 7 heterocycles. The number of allylic oxidation sites excluding steroid dienone is 4. The number of esters is 1. The summed E-state index contributed by atoms with van der Waals surface area (Å²) in [4.78, 5) is 106. The fourth-order valence-electron chi connectivity index (χ4n) is 12.3. The first-order valence-electron chi connectivity index (χ1n) is 27.1. The Hall–Kier alpha value is -8.15. The molecule has 1 spiro atoms. The van der Waals surface area contributed by atoms with Crippen LogP contribution in [0.4, 0.5) is 19.0 Å². The lowest BCUT2D eigenvalue weighted by Gasteiger charge is -2.43. The van der Waals surface area contributed by atoms with E-state index in [0.717, 1.165) is 35.2 Å². The third-order valence-corrected chi connectivity index (χ3v) is 17.0. The summed E-state index contributed by atoms with van der Waals surface area (Å²) in [5.74, 6) is -15.5. The SMILES string of the molecule is CO[C@H]1/C=C/O[C@@]2(C)Oc3c(C)c(O)c4c(c3C2=O)C(=O)C(N2CCCC3(CCN(c5nc6c(cc5F)c(=O)c(C(=O)O)cn6-c5ccc(F)cc5F)C3)C2)=C(NC(=O)/C(C)=C\C=C\[C@H](C)[C@H](O)[C@@H](C)[C@@H](O)[C@@H](C)[C@H](OC(C)=O)[C@@H]1C)C4=O. The maximum absolute atomic E-state index is 16.5. The van der Waals surface area contributed by atoms with Crippen LogP contribution in [0.25, 0.3) is 16.7 Å². The number of aliphatic hydroxyl groups is 2. The van der Waals surface area contributed by atoms with Crippen LogP contribution in [0, 0.1) is 53.5 Å². The number of carbonyl (C=O) groups excluding carboxylic acids is 5. The molecule has 6 aliphatic rings. The number of piperidine rings is 1. The molecular formula is C60H64F3N5O15. The number of ketones is 3. The Kier molecular flexibility index (Phi) is 16.2. The van der Waals surface area contributed by atoms with Gasteiger partial charge in [-0.25, -0.2) is 22.9 Å². The number of methoxy groups -OCH3 is 1. The zero-order valence-electron chi connectivity index (χ0n) is 47.0. The van der Waals surface area contributed by atoms with E-state index in [1.807, 2.05) is 0 Å². The van der Waals surface area contributed by atoms with Crippen molar-refractivity contribution in [2.45, 2.75) is 105 Å². The van der Waals surface area contributed by atoms with Gasteiger partial charge in [-0.2, -0.15) is 0 Å². The fourth-order valence-corrected chi connectivity index (χ4v) is 12.3. The molecule has 2 fully saturated rings. The number of hydrogen-bond donors (Lipinski definition) is 5. The van der Waals surface area contributed by atoms with Crippen molar-refractivity contribution in [2.75, 3.05) is 38.2 Å². The highest BCUT2D eigenvalue weighted by Gasteiger charge is 2.54. The number of ether oxygens (including phenoxy) is 4. The number of rotatable bonds is 6. The summed E-state index contributed by atoms with van der Waals surface area (Å²) in [6, 6.07) is 3.29. The van der Waals surface area contributed by atoms with Gasteiger partial charge in [-0.1, -0.05) is 45.9 Å². The molecule has 1 amide bonds. The second-order valence-corrected chi connectivity index (χ2v) is 22.5. The van der Waals surface area contributed by atoms with Gasteiger partial charge in [0.1, 0.15) is 46.2 Å². The summed E-state index contributed by atoms with van der Waals surface area (Å²) < 4.78 is 70.7. The zero-order chi connectivity index (χ0) is 60.5. The molecule has 10 rings (SSSR count). The maximum Gasteiger partial charge on any atom is 0.341 e. The first-order valence-corrected chi connectivity index (χ1v) is 27.1. The molecule has 4 aromatic rings. The Morgan fingerprint density at radius 1 is 0.867 bits per heavy atom. The summed E-state index contributed by atoms with van der Waals surface area (Å²) in [5, 5.41) is 47.2. The molecule has 5 N–H and O–H groups in total. The van der Waals surface area contributed by atoms with Crippen LogP contribution < -0.4 is 20.4 Å². The van der Waals surface area contributed by atoms with E-state index >= 15 is 18.4 Å². The number of likely N-dealkylation sites (tertiary alicyclic amines) is 1. The van der Waals surface area contributed by atoms with Gasteiger partial charge in [-0.3, -0.25) is 33.3 Å². The number of carbonyl (C=O) groups is 6. The number of carboxylic acid groups (broad SMARTS) is 1. The molecule has 10 atom stereocenters. The number of phenols is 1. The first-order chi connectivity index (χ1) is 39.1. The molecule has 440 valence electrons. The molecule has 83 heavy (non-hydrogen) atoms. The average Bonchev–Trinajstić information content (AvgIpc) is 1.98. The molecule has 0 saturated carbocycles. The van der Waals surface area contributed by atoms with Gasteiger partial charge in [0.2, 0.25) is 17.0 Å². The molecule has 2 saturated heterocycles. The first kappa shape index (κ1) is 59.5. The number of benzene rings is 2. The number of hydrogen-bond acceptors (Lipinski definition) is 17. The standard InChI is InChI=1S/C60H64F3N5O15/c1-27-12-10-13-28(2)57(77)64-44-45(66-19-11-17-60(25-66)18-20-67(26-60)56-38(63)23-35-49(73)36(58(78)79)24-68(55(35)65-56)39-15-14-34(61)22-37(39)62)51(75)41-42(50(44)74)48(72)32(6)53-43(41)54(76)59(8,83-53)81-21-16-40(80-9)29(3)52(82-33(7)69)31(5)47(71)30(4)46(27)70/h10,12-16,21-24,27,29-31,40,46-47,52,70-72H,11,17-20,25-26H2,1-9H3,(H,64,77)(H,78,79)/b12-10+,21-16+,28-13-/t27-,29+,30+,31+,40-,46-,47+,52+,59-,60?/m0/s1. The van der Waals surface area contributed by atoms with Gasteiger partial charge in [0.25, 0.3) is 11.7 Å². The lowest BCUT2D eigenvalue weighted by Crippen LogP contribution is -2.49. The van der Waals surface area contributed by atoms with Crippen molar-refractivity contribution in [1.82, 2.24) is 19.8 Å². The van der Waals surface area contributed by atoms with Crippen LogP contribution in [0.1, 0.15) is 115 Å². The van der Waals surface area contributed by atoms with E-state index < -0.39 is 151 Å². The number of halogens is 3. The molecule has 1 aliphatic carbocycles. The van der Waals surface area contributed by atoms with E-state index in [0.29, 0.717) is 25.3 Å². The number of aromatic hydroxyl groups is 1. The van der Waals surface area contributed by atoms with Gasteiger partial charge in [0.05, 0.1) is 52.3 Å². The van der Waals surface area contributed by atoms with Gasteiger partial charge in [0.15, 0.2) is 17.3 Å². The molecule has 0 radical (unpaired) electrons. The van der Waals surface area contributed by atoms with E-state index in [9.17, 15) is 48.8 Å². The van der Waals surface area contributed by atoms with Crippen LogP contribution in [-0.4, -0.2) is 134 Å². The number of carboxylic acids is 1. The van der Waals surface area contributed by atoms with Crippen molar-refractivity contribution >= 4 is 52.0 Å². The van der Waals surface area contributed by atoms with Gasteiger partial charge in [0, 0.05) is 99.6 Å². The molecule has 5 aliphatic heterocycles. The van der Waals surface area contributed by atoms with E-state index in [1.165, 1.54) is 53.0 Å². The van der Waals surface area contributed by atoms with Crippen LogP contribution in [0.3, 0.4) is 0 Å². The van der Waals surface area contributed by atoms with Crippen molar-refractivity contribution in [3.05, 3.63) is 133 Å². The van der Waals surface area contributed by atoms with Crippen molar-refractivity contribution in [1.29, 1.82) is 0 Å². The van der Waals surface area contributed by atoms with E-state index in [2.05, 4.69) is 10.3 Å². The summed E-state index contributed by atoms with van der Waals surface area (Å²) in [6.07, 6.45) is 4.81. The molecule has 23 heteroatoms. The van der Waals surface area contributed by atoms with Crippen molar-refractivity contribution in [2.24, 2.45) is 29.1 Å². The number of nitrogens with zero attached hydrogens (tertiary/aromatic N) is 4. The Bertz CT molecular complexity index is 3610. The molecular weight excluding hydrogens is 1090 g/mol. The van der Waals surface area contributed by atoms with E-state index in [4.69, 9.17) is 18.9 Å². The number of pyridine rings is 2. The number of phenolic OH excluding ortho intramolecular Hbond substituents is 1. The van der Waals surface area contributed by atoms with Crippen LogP contribution in [0.15, 0.2) is 82.8 Å². The number of anilines is 1. The second-order valence-electron chi connectivity index (χ2n) is 22.5. The highest BCUT2D eigenvalue weighted by atomic mass is 19.1. The summed E-state index contributed by atoms with van der Waals surface area (Å²) in [7, 11) is 1.39. The lowest BCUT2D eigenvalue weighted by atomic mass is 9.77. The van der Waals surface area contributed by atoms with Crippen LogP contribution >= 0.6 is 0 Å². The molecule has 2 aromatic heterocycles. The largest absolute Gasteiger partial charge is 0.507 e. The molecule has 2 aromatic carbocycles. The summed E-state index contributed by atoms with van der Waals surface area (Å²) in [5.41, 5.74) is -5.85. The third-order valence-electron chi connectivity index (χ3n) is 17.0. The Morgan fingerprint density at radius 3 is 2.25 bits per heavy atom. The van der Waals surface area contributed by atoms with Crippen molar-refractivity contribution < 1.29 is 81.3 Å². The molecule has 20 nitrogen and oxygen atoms in total. The number of Topliss-reactive ketones (excluding diaryl/α,β-unsaturated/α-hetero) is 3. The Labute approximate surface area is 474 Å². The van der Waals surface area contributed by atoms with Crippen LogP contribution in [-0.2, 0) is 23.8 Å². The highest BCUT2D eigenvalue weighted by Crippen LogP contribution is 2.50. The Morgan fingerprint density at radius 2 is 1.58 bits per heavy atom. The molecule has 5 bridgehead atoms. The third kappa shape index (κ3) is 10.6. The highest BCUT2D eigenvalue weighted by molar-refractivity contribution is 6.32. The van der Waals surface area contributed by atoms with Crippen LogP contribution in [0.5, 0.6) is 11.5 Å². The number of amides is 1.